The molecule has 3 amide bonds. The maximum absolute atomic E-state index is 13.5. The van der Waals surface area contributed by atoms with E-state index in [1.807, 2.05) is 0 Å². The minimum atomic E-state index is -1.02. The van der Waals surface area contributed by atoms with E-state index in [9.17, 15) is 28.0 Å². The highest BCUT2D eigenvalue weighted by Crippen LogP contribution is 2.34. The van der Waals surface area contributed by atoms with Gasteiger partial charge in [0.25, 0.3) is 17.4 Å². The second kappa shape index (κ2) is 11.8. The Balaban J connectivity index is 1.12. The van der Waals surface area contributed by atoms with Gasteiger partial charge in [-0.15, -0.1) is 0 Å². The highest BCUT2D eigenvalue weighted by molar-refractivity contribution is 6.35. The van der Waals surface area contributed by atoms with E-state index in [0.717, 1.165) is 12.1 Å². The lowest BCUT2D eigenvalue weighted by atomic mass is 10.1. The molecule has 0 aliphatic carbocycles. The molecular formula is C29H24F2N6O4. The van der Waals surface area contributed by atoms with Crippen LogP contribution < -0.4 is 21.5 Å². The second-order valence-electron chi connectivity index (χ2n) is 9.29. The first-order chi connectivity index (χ1) is 19.8. The van der Waals surface area contributed by atoms with E-state index in [2.05, 4.69) is 25.9 Å². The number of carbonyl (C=O) groups excluding carboxylic acids is 3. The molecule has 12 heteroatoms. The molecular weight excluding hydrogens is 534 g/mol. The molecule has 3 heterocycles. The second-order valence-corrected chi connectivity index (χ2v) is 9.29. The lowest BCUT2D eigenvalue weighted by Crippen LogP contribution is -2.33. The predicted molar refractivity (Wildman–Crippen MR) is 148 cm³/mol. The standard InChI is InChI=1S/C29H24F2N6O4/c30-23-8-5-17(11-24(23)31)15-37-10-2-3-21(29(37)41)27(39)33-9-1-4-26(38)35-18-6-7-20-22(12-19-14-32-16-34-19)28(40)36-25(20)13-18/h2-3,5-8,10-14,16H,1,4,9,15H2,(H,32,34)(H,33,39)(H,35,38)(H,36,40)/b22-12-. The fourth-order valence-corrected chi connectivity index (χ4v) is 4.36. The largest absolute Gasteiger partial charge is 0.352 e. The molecule has 0 saturated heterocycles. The molecule has 0 radical (unpaired) electrons. The van der Waals surface area contributed by atoms with Crippen molar-refractivity contribution in [2.75, 3.05) is 17.2 Å². The molecule has 0 spiro atoms. The van der Waals surface area contributed by atoms with Gasteiger partial charge in [0.15, 0.2) is 11.6 Å². The summed E-state index contributed by atoms with van der Waals surface area (Å²) in [7, 11) is 0. The molecule has 0 fully saturated rings. The maximum Gasteiger partial charge on any atom is 0.263 e. The van der Waals surface area contributed by atoms with Crippen molar-refractivity contribution in [1.29, 1.82) is 0 Å². The van der Waals surface area contributed by atoms with E-state index < -0.39 is 23.1 Å². The number of fused-ring (bicyclic) bond motifs is 1. The summed E-state index contributed by atoms with van der Waals surface area (Å²) in [5, 5.41) is 8.18. The Labute approximate surface area is 232 Å². The van der Waals surface area contributed by atoms with Gasteiger partial charge >= 0.3 is 0 Å². The van der Waals surface area contributed by atoms with Crippen molar-refractivity contribution in [2.45, 2.75) is 19.4 Å². The summed E-state index contributed by atoms with van der Waals surface area (Å²) >= 11 is 0. The van der Waals surface area contributed by atoms with Crippen molar-refractivity contribution in [2.24, 2.45) is 0 Å². The van der Waals surface area contributed by atoms with Crippen molar-refractivity contribution in [3.05, 3.63) is 112 Å². The average Bonchev–Trinajstić information content (AvgIpc) is 3.57. The Hall–Kier alpha value is -5.39. The van der Waals surface area contributed by atoms with Gasteiger partial charge in [0.05, 0.1) is 36.0 Å². The number of anilines is 2. The molecule has 0 bridgehead atoms. The van der Waals surface area contributed by atoms with Crippen molar-refractivity contribution < 1.29 is 23.2 Å². The summed E-state index contributed by atoms with van der Waals surface area (Å²) in [6.45, 7) is 0.108. The smallest absolute Gasteiger partial charge is 0.263 e. The predicted octanol–water partition coefficient (Wildman–Crippen LogP) is 3.54. The van der Waals surface area contributed by atoms with Gasteiger partial charge in [0, 0.05) is 30.4 Å². The molecule has 1 aliphatic rings. The van der Waals surface area contributed by atoms with E-state index >= 15 is 0 Å². The number of carbonyl (C=O) groups is 3. The third-order valence-electron chi connectivity index (χ3n) is 6.37. The van der Waals surface area contributed by atoms with Crippen molar-refractivity contribution in [3.63, 3.8) is 0 Å². The van der Waals surface area contributed by atoms with Gasteiger partial charge in [-0.25, -0.2) is 13.8 Å². The number of aromatic amines is 1. The number of hydrogen-bond donors (Lipinski definition) is 4. The number of pyridine rings is 1. The molecule has 41 heavy (non-hydrogen) atoms. The summed E-state index contributed by atoms with van der Waals surface area (Å²) < 4.78 is 27.9. The van der Waals surface area contributed by atoms with Crippen molar-refractivity contribution >= 4 is 40.7 Å². The van der Waals surface area contributed by atoms with Crippen LogP contribution in [0.3, 0.4) is 0 Å². The summed E-state index contributed by atoms with van der Waals surface area (Å²) in [6.07, 6.45) is 6.67. The number of rotatable bonds is 9. The molecule has 0 unspecified atom stereocenters. The van der Waals surface area contributed by atoms with Crippen LogP contribution in [0, 0.1) is 11.6 Å². The number of halogens is 2. The number of imidazole rings is 1. The number of H-pyrrole nitrogens is 1. The van der Waals surface area contributed by atoms with E-state index in [1.165, 1.54) is 35.3 Å². The van der Waals surface area contributed by atoms with Crippen LogP contribution in [0.4, 0.5) is 20.2 Å². The number of nitrogens with one attached hydrogen (secondary N) is 4. The summed E-state index contributed by atoms with van der Waals surface area (Å²) in [5.41, 5.74) is 2.62. The Bertz CT molecular complexity index is 1730. The molecule has 1 aliphatic heterocycles. The van der Waals surface area contributed by atoms with Gasteiger partial charge in [0.1, 0.15) is 5.56 Å². The average molecular weight is 559 g/mol. The van der Waals surface area contributed by atoms with Gasteiger partial charge in [-0.2, -0.15) is 0 Å². The summed E-state index contributed by atoms with van der Waals surface area (Å²) in [4.78, 5) is 57.0. The third-order valence-corrected chi connectivity index (χ3v) is 6.37. The monoisotopic (exact) mass is 558 g/mol. The Morgan fingerprint density at radius 2 is 1.90 bits per heavy atom. The zero-order valence-electron chi connectivity index (χ0n) is 21.5. The maximum atomic E-state index is 13.5. The van der Waals surface area contributed by atoms with Gasteiger partial charge < -0.3 is 25.5 Å². The first kappa shape index (κ1) is 27.2. The molecule has 2 aromatic carbocycles. The molecule has 10 nitrogen and oxygen atoms in total. The minimum absolute atomic E-state index is 0.0362. The highest BCUT2D eigenvalue weighted by Gasteiger charge is 2.24. The van der Waals surface area contributed by atoms with Gasteiger partial charge in [0.2, 0.25) is 5.91 Å². The number of amides is 3. The van der Waals surface area contributed by atoms with E-state index in [1.54, 1.807) is 30.5 Å². The topological polar surface area (TPSA) is 138 Å². The lowest BCUT2D eigenvalue weighted by molar-refractivity contribution is -0.116. The molecule has 5 rings (SSSR count). The third kappa shape index (κ3) is 6.27. The molecule has 4 N–H and O–H groups in total. The highest BCUT2D eigenvalue weighted by atomic mass is 19.2. The Kier molecular flexibility index (Phi) is 7.81. The van der Waals surface area contributed by atoms with Crippen LogP contribution in [0.25, 0.3) is 11.6 Å². The number of benzene rings is 2. The Morgan fingerprint density at radius 1 is 1.05 bits per heavy atom. The molecule has 208 valence electrons. The van der Waals surface area contributed by atoms with Crippen LogP contribution in [0.5, 0.6) is 0 Å². The van der Waals surface area contributed by atoms with Crippen molar-refractivity contribution in [1.82, 2.24) is 19.9 Å². The van der Waals surface area contributed by atoms with Gasteiger partial charge in [-0.1, -0.05) is 12.1 Å². The normalized spacial score (nSPS) is 13.1. The van der Waals surface area contributed by atoms with Crippen LogP contribution in [-0.4, -0.2) is 38.8 Å². The fraction of sp³-hybridized carbons (Fsp3) is 0.138. The van der Waals surface area contributed by atoms with Crippen LogP contribution >= 0.6 is 0 Å². The van der Waals surface area contributed by atoms with E-state index in [-0.39, 0.29) is 36.9 Å². The zero-order chi connectivity index (χ0) is 28.9. The molecule has 4 aromatic rings. The Morgan fingerprint density at radius 3 is 2.68 bits per heavy atom. The quantitative estimate of drug-likeness (QED) is 0.184. The van der Waals surface area contributed by atoms with Crippen LogP contribution in [-0.2, 0) is 16.1 Å². The van der Waals surface area contributed by atoms with Gasteiger partial charge in [-0.05, 0) is 54.5 Å². The van der Waals surface area contributed by atoms with Gasteiger partial charge in [-0.3, -0.25) is 19.2 Å². The number of nitrogens with zero attached hydrogens (tertiary/aromatic N) is 2. The van der Waals surface area contributed by atoms with Crippen LogP contribution in [0.1, 0.15) is 40.0 Å². The fourth-order valence-electron chi connectivity index (χ4n) is 4.36. The van der Waals surface area contributed by atoms with E-state index in [4.69, 9.17) is 0 Å². The summed E-state index contributed by atoms with van der Waals surface area (Å²) in [6, 6.07) is 11.3. The number of aromatic nitrogens is 3. The molecule has 0 saturated carbocycles. The van der Waals surface area contributed by atoms with E-state index in [0.29, 0.717) is 40.2 Å². The van der Waals surface area contributed by atoms with Crippen LogP contribution in [0.2, 0.25) is 0 Å². The first-order valence-electron chi connectivity index (χ1n) is 12.7. The van der Waals surface area contributed by atoms with Crippen LogP contribution in [0.15, 0.2) is 72.0 Å². The molecule has 2 aromatic heterocycles. The first-order valence-corrected chi connectivity index (χ1v) is 12.7. The molecule has 0 atom stereocenters. The summed E-state index contributed by atoms with van der Waals surface area (Å²) in [5.74, 6) is -3.17. The SMILES string of the molecule is O=C(CCCNC(=O)c1cccn(Cc2ccc(F)c(F)c2)c1=O)Nc1ccc2c(c1)NC(=O)/C2=C\c1cnc[nH]1. The lowest BCUT2D eigenvalue weighted by Gasteiger charge is -2.10. The number of hydrogen-bond acceptors (Lipinski definition) is 5. The van der Waals surface area contributed by atoms with Crippen molar-refractivity contribution in [3.8, 4) is 0 Å². The zero-order valence-corrected chi connectivity index (χ0v) is 21.5. The minimum Gasteiger partial charge on any atom is -0.352 e.